The summed E-state index contributed by atoms with van der Waals surface area (Å²) in [7, 11) is 0. The van der Waals surface area contributed by atoms with Gasteiger partial charge in [0.2, 0.25) is 0 Å². The van der Waals surface area contributed by atoms with Crippen LogP contribution in [-0.2, 0) is 6.54 Å². The lowest BCUT2D eigenvalue weighted by Crippen LogP contribution is -2.43. The van der Waals surface area contributed by atoms with Crippen molar-refractivity contribution < 1.29 is 0 Å². The second-order valence-electron chi connectivity index (χ2n) is 3.94. The predicted molar refractivity (Wildman–Crippen MR) is 62.1 cm³/mol. The Morgan fingerprint density at radius 1 is 1.47 bits per heavy atom. The fraction of sp³-hybridized carbons (Fsp3) is 0.545. The van der Waals surface area contributed by atoms with Crippen molar-refractivity contribution >= 4 is 11.6 Å². The van der Waals surface area contributed by atoms with Crippen LogP contribution in [0.25, 0.3) is 0 Å². The summed E-state index contributed by atoms with van der Waals surface area (Å²) in [6.45, 7) is 7.36. The Bertz CT molecular complexity index is 335. The number of aryl methyl sites for hydroxylation is 1. The molecule has 1 aliphatic heterocycles. The fourth-order valence-electron chi connectivity index (χ4n) is 1.82. The summed E-state index contributed by atoms with van der Waals surface area (Å²) in [5.74, 6) is 0. The highest BCUT2D eigenvalue weighted by Crippen LogP contribution is 2.14. The number of piperazine rings is 1. The summed E-state index contributed by atoms with van der Waals surface area (Å²) in [6, 6.07) is 1.98. The van der Waals surface area contributed by atoms with Gasteiger partial charge in [-0.05, 0) is 18.6 Å². The quantitative estimate of drug-likeness (QED) is 0.826. The van der Waals surface area contributed by atoms with Gasteiger partial charge >= 0.3 is 0 Å². The van der Waals surface area contributed by atoms with Crippen molar-refractivity contribution in [2.45, 2.75) is 13.5 Å². The zero-order chi connectivity index (χ0) is 10.7. The second kappa shape index (κ2) is 4.92. The number of nitrogens with zero attached hydrogens (tertiary/aromatic N) is 2. The van der Waals surface area contributed by atoms with Crippen LogP contribution in [0.1, 0.15) is 11.3 Å². The van der Waals surface area contributed by atoms with Crippen molar-refractivity contribution in [1.82, 2.24) is 15.2 Å². The van der Waals surface area contributed by atoms with Crippen molar-refractivity contribution in [2.24, 2.45) is 0 Å². The molecule has 2 heterocycles. The number of hydrogen-bond acceptors (Lipinski definition) is 3. The van der Waals surface area contributed by atoms with E-state index in [0.717, 1.165) is 43.4 Å². The number of nitrogens with one attached hydrogen (secondary N) is 1. The first-order valence-electron chi connectivity index (χ1n) is 5.30. The van der Waals surface area contributed by atoms with E-state index in [1.54, 1.807) is 6.20 Å². The molecule has 15 heavy (non-hydrogen) atoms. The number of pyridine rings is 1. The Labute approximate surface area is 95.4 Å². The Morgan fingerprint density at radius 2 is 2.20 bits per heavy atom. The highest BCUT2D eigenvalue weighted by Gasteiger charge is 2.11. The molecule has 4 heteroatoms. The van der Waals surface area contributed by atoms with Gasteiger partial charge in [0, 0.05) is 38.9 Å². The Balaban J connectivity index is 2.03. The first-order chi connectivity index (χ1) is 7.25. The minimum Gasteiger partial charge on any atom is -0.314 e. The molecule has 1 aliphatic rings. The molecule has 0 saturated carbocycles. The van der Waals surface area contributed by atoms with Gasteiger partial charge in [0.1, 0.15) is 0 Å². The van der Waals surface area contributed by atoms with Crippen molar-refractivity contribution in [3.8, 4) is 0 Å². The van der Waals surface area contributed by atoms with Gasteiger partial charge in [0.15, 0.2) is 0 Å². The van der Waals surface area contributed by atoms with E-state index in [4.69, 9.17) is 11.6 Å². The molecule has 0 amide bonds. The van der Waals surface area contributed by atoms with E-state index < -0.39 is 0 Å². The minimum absolute atomic E-state index is 0.719. The molecule has 1 aromatic heterocycles. The molecular formula is C11H16ClN3. The molecule has 0 atom stereocenters. The minimum atomic E-state index is 0.719. The average molecular weight is 226 g/mol. The van der Waals surface area contributed by atoms with E-state index in [9.17, 15) is 0 Å². The van der Waals surface area contributed by atoms with Crippen LogP contribution in [0.4, 0.5) is 0 Å². The Hall–Kier alpha value is -0.640. The summed E-state index contributed by atoms with van der Waals surface area (Å²) in [5.41, 5.74) is 2.32. The van der Waals surface area contributed by atoms with Crippen molar-refractivity contribution in [3.05, 3.63) is 28.5 Å². The van der Waals surface area contributed by atoms with Crippen molar-refractivity contribution in [1.29, 1.82) is 0 Å². The number of rotatable bonds is 2. The third-order valence-electron chi connectivity index (χ3n) is 2.74. The molecule has 0 bridgehead atoms. The van der Waals surface area contributed by atoms with Crippen LogP contribution in [-0.4, -0.2) is 36.1 Å². The number of halogens is 1. The summed E-state index contributed by atoms with van der Waals surface area (Å²) in [5, 5.41) is 4.06. The highest BCUT2D eigenvalue weighted by molar-refractivity contribution is 6.30. The zero-order valence-electron chi connectivity index (χ0n) is 8.96. The first-order valence-corrected chi connectivity index (χ1v) is 5.67. The van der Waals surface area contributed by atoms with Crippen LogP contribution in [0.15, 0.2) is 12.3 Å². The van der Waals surface area contributed by atoms with Gasteiger partial charge in [-0.3, -0.25) is 9.88 Å². The van der Waals surface area contributed by atoms with Crippen LogP contribution in [0.5, 0.6) is 0 Å². The second-order valence-corrected chi connectivity index (χ2v) is 4.38. The van der Waals surface area contributed by atoms with Gasteiger partial charge in [0.25, 0.3) is 0 Å². The smallest absolute Gasteiger partial charge is 0.0592 e. The normalized spacial score (nSPS) is 18.0. The third-order valence-corrected chi connectivity index (χ3v) is 2.94. The van der Waals surface area contributed by atoms with Crippen LogP contribution in [0.2, 0.25) is 5.02 Å². The van der Waals surface area contributed by atoms with E-state index >= 15 is 0 Å². The van der Waals surface area contributed by atoms with E-state index in [1.165, 1.54) is 5.56 Å². The summed E-state index contributed by atoms with van der Waals surface area (Å²) in [6.07, 6.45) is 1.73. The van der Waals surface area contributed by atoms with Crippen molar-refractivity contribution in [3.63, 3.8) is 0 Å². The molecule has 1 aromatic rings. The zero-order valence-corrected chi connectivity index (χ0v) is 9.72. The molecular weight excluding hydrogens is 210 g/mol. The van der Waals surface area contributed by atoms with Crippen LogP contribution in [0, 0.1) is 6.92 Å². The molecule has 82 valence electrons. The Kier molecular flexibility index (Phi) is 3.57. The van der Waals surface area contributed by atoms with Gasteiger partial charge in [-0.1, -0.05) is 11.6 Å². The molecule has 2 rings (SSSR count). The van der Waals surface area contributed by atoms with Crippen LogP contribution in [0.3, 0.4) is 0 Å². The maximum absolute atomic E-state index is 5.87. The molecule has 0 aliphatic carbocycles. The van der Waals surface area contributed by atoms with Gasteiger partial charge in [0.05, 0.1) is 10.7 Å². The van der Waals surface area contributed by atoms with Crippen molar-refractivity contribution in [2.75, 3.05) is 26.2 Å². The first kappa shape index (κ1) is 10.9. The fourth-order valence-corrected chi connectivity index (χ4v) is 2.03. The Morgan fingerprint density at radius 3 is 2.87 bits per heavy atom. The lowest BCUT2D eigenvalue weighted by Gasteiger charge is -2.27. The summed E-state index contributed by atoms with van der Waals surface area (Å²) >= 11 is 5.87. The molecule has 0 radical (unpaired) electrons. The van der Waals surface area contributed by atoms with E-state index in [0.29, 0.717) is 0 Å². The molecule has 3 nitrogen and oxygen atoms in total. The summed E-state index contributed by atoms with van der Waals surface area (Å²) in [4.78, 5) is 6.79. The number of aromatic nitrogens is 1. The largest absolute Gasteiger partial charge is 0.314 e. The average Bonchev–Trinajstić information content (AvgIpc) is 2.24. The van der Waals surface area contributed by atoms with Gasteiger partial charge in [-0.2, -0.15) is 0 Å². The van der Waals surface area contributed by atoms with E-state index in [2.05, 4.69) is 22.1 Å². The monoisotopic (exact) mass is 225 g/mol. The SMILES string of the molecule is Cc1cc(Cl)cnc1CN1CCNCC1. The maximum atomic E-state index is 5.87. The molecule has 0 aromatic carbocycles. The van der Waals surface area contributed by atoms with Gasteiger partial charge in [-0.15, -0.1) is 0 Å². The van der Waals surface area contributed by atoms with Gasteiger partial charge < -0.3 is 5.32 Å². The maximum Gasteiger partial charge on any atom is 0.0592 e. The highest BCUT2D eigenvalue weighted by atomic mass is 35.5. The predicted octanol–water partition coefficient (Wildman–Crippen LogP) is 1.45. The number of hydrogen-bond donors (Lipinski definition) is 1. The standard InChI is InChI=1S/C11H16ClN3/c1-9-6-10(12)7-14-11(9)8-15-4-2-13-3-5-15/h6-7,13H,2-5,8H2,1H3. The third kappa shape index (κ3) is 2.91. The molecule has 1 N–H and O–H groups in total. The van der Waals surface area contributed by atoms with Crippen LogP contribution < -0.4 is 5.32 Å². The van der Waals surface area contributed by atoms with E-state index in [1.807, 2.05) is 6.07 Å². The molecule has 0 unspecified atom stereocenters. The lowest BCUT2D eigenvalue weighted by molar-refractivity contribution is 0.230. The van der Waals surface area contributed by atoms with E-state index in [-0.39, 0.29) is 0 Å². The molecule has 1 saturated heterocycles. The molecule has 0 spiro atoms. The van der Waals surface area contributed by atoms with Gasteiger partial charge in [-0.25, -0.2) is 0 Å². The lowest BCUT2D eigenvalue weighted by atomic mass is 10.2. The molecule has 1 fully saturated rings. The topological polar surface area (TPSA) is 28.2 Å². The summed E-state index contributed by atoms with van der Waals surface area (Å²) < 4.78 is 0. The van der Waals surface area contributed by atoms with Crippen LogP contribution >= 0.6 is 11.6 Å².